The van der Waals surface area contributed by atoms with Crippen molar-refractivity contribution in [3.8, 4) is 0 Å². The fourth-order valence-electron chi connectivity index (χ4n) is 3.83. The summed E-state index contributed by atoms with van der Waals surface area (Å²) in [7, 11) is -3.46. The van der Waals surface area contributed by atoms with Crippen molar-refractivity contribution < 1.29 is 13.2 Å². The molecule has 24 heavy (non-hydrogen) atoms. The van der Waals surface area contributed by atoms with Gasteiger partial charge in [-0.05, 0) is 55.4 Å². The van der Waals surface area contributed by atoms with Crippen molar-refractivity contribution >= 4 is 21.6 Å². The Hall–Kier alpha value is -1.40. The van der Waals surface area contributed by atoms with Gasteiger partial charge in [-0.25, -0.2) is 8.42 Å². The third-order valence-electron chi connectivity index (χ3n) is 4.94. The third kappa shape index (κ3) is 3.49. The molecule has 0 spiro atoms. The molecule has 6 heteroatoms. The van der Waals surface area contributed by atoms with E-state index < -0.39 is 10.0 Å². The molecule has 0 radical (unpaired) electrons. The van der Waals surface area contributed by atoms with E-state index in [2.05, 4.69) is 13.8 Å². The highest BCUT2D eigenvalue weighted by Crippen LogP contribution is 2.28. The second kappa shape index (κ2) is 6.84. The quantitative estimate of drug-likeness (QED) is 0.842. The van der Waals surface area contributed by atoms with Crippen LogP contribution in [0.3, 0.4) is 0 Å². The van der Waals surface area contributed by atoms with Crippen LogP contribution in [-0.2, 0) is 14.8 Å². The van der Waals surface area contributed by atoms with Crippen molar-refractivity contribution in [2.24, 2.45) is 11.8 Å². The number of benzene rings is 1. The molecule has 0 aliphatic carbocycles. The minimum atomic E-state index is -3.46. The number of hydrogen-bond acceptors (Lipinski definition) is 3. The predicted molar refractivity (Wildman–Crippen MR) is 94.3 cm³/mol. The molecular weight excluding hydrogens is 324 g/mol. The summed E-state index contributed by atoms with van der Waals surface area (Å²) in [5, 5.41) is 0. The monoisotopic (exact) mass is 350 g/mol. The number of rotatable bonds is 3. The number of amides is 1. The van der Waals surface area contributed by atoms with Crippen LogP contribution in [0.1, 0.15) is 39.5 Å². The normalized spacial score (nSPS) is 26.6. The van der Waals surface area contributed by atoms with Gasteiger partial charge in [0.15, 0.2) is 0 Å². The molecule has 0 N–H and O–H groups in total. The van der Waals surface area contributed by atoms with Crippen LogP contribution in [0.25, 0.3) is 0 Å². The van der Waals surface area contributed by atoms with E-state index in [1.165, 1.54) is 0 Å². The van der Waals surface area contributed by atoms with Gasteiger partial charge in [-0.15, -0.1) is 0 Å². The maximum absolute atomic E-state index is 12.9. The fourth-order valence-corrected chi connectivity index (χ4v) is 5.51. The lowest BCUT2D eigenvalue weighted by molar-refractivity contribution is -0.119. The molecule has 0 unspecified atom stereocenters. The first kappa shape index (κ1) is 17.4. The molecule has 132 valence electrons. The average molecular weight is 350 g/mol. The first-order valence-corrected chi connectivity index (χ1v) is 10.2. The highest BCUT2D eigenvalue weighted by atomic mass is 32.2. The van der Waals surface area contributed by atoms with Gasteiger partial charge < -0.3 is 4.90 Å². The van der Waals surface area contributed by atoms with E-state index in [1.807, 2.05) is 0 Å². The Bertz CT molecular complexity index is 689. The van der Waals surface area contributed by atoms with Crippen molar-refractivity contribution in [1.82, 2.24) is 4.31 Å². The second-order valence-corrected chi connectivity index (χ2v) is 9.20. The van der Waals surface area contributed by atoms with Crippen LogP contribution < -0.4 is 4.90 Å². The standard InChI is InChI=1S/C18H26N2O3S/c1-14-11-15(2)13-19(12-14)24(22,23)17-8-6-16(7-9-17)20-10-4-3-5-18(20)21/h6-9,14-15H,3-5,10-13H2,1-2H3/t14-,15+. The molecule has 0 aromatic heterocycles. The first-order chi connectivity index (χ1) is 11.4. The van der Waals surface area contributed by atoms with E-state index in [4.69, 9.17) is 0 Å². The second-order valence-electron chi connectivity index (χ2n) is 7.26. The SMILES string of the molecule is C[C@@H]1C[C@H](C)CN(S(=O)(=O)c2ccc(N3CCCCC3=O)cc2)C1. The largest absolute Gasteiger partial charge is 0.312 e. The highest BCUT2D eigenvalue weighted by Gasteiger charge is 2.31. The molecule has 1 aromatic rings. The maximum Gasteiger partial charge on any atom is 0.243 e. The molecule has 2 heterocycles. The summed E-state index contributed by atoms with van der Waals surface area (Å²) in [5.41, 5.74) is 0.791. The summed E-state index contributed by atoms with van der Waals surface area (Å²) in [4.78, 5) is 14.1. The Morgan fingerprint density at radius 3 is 2.21 bits per heavy atom. The van der Waals surface area contributed by atoms with Crippen LogP contribution in [-0.4, -0.2) is 38.3 Å². The molecule has 2 fully saturated rings. The van der Waals surface area contributed by atoms with Gasteiger partial charge in [0.25, 0.3) is 0 Å². The van der Waals surface area contributed by atoms with E-state index in [9.17, 15) is 13.2 Å². The number of piperidine rings is 2. The van der Waals surface area contributed by atoms with Gasteiger partial charge in [0.1, 0.15) is 0 Å². The van der Waals surface area contributed by atoms with E-state index in [0.29, 0.717) is 42.8 Å². The molecular formula is C18H26N2O3S. The fraction of sp³-hybridized carbons (Fsp3) is 0.611. The zero-order valence-corrected chi connectivity index (χ0v) is 15.3. The Balaban J connectivity index is 1.80. The van der Waals surface area contributed by atoms with Gasteiger partial charge in [-0.3, -0.25) is 4.79 Å². The van der Waals surface area contributed by atoms with Gasteiger partial charge in [-0.1, -0.05) is 13.8 Å². The van der Waals surface area contributed by atoms with Crippen LogP contribution in [0.2, 0.25) is 0 Å². The lowest BCUT2D eigenvalue weighted by atomic mass is 9.94. The van der Waals surface area contributed by atoms with Crippen molar-refractivity contribution in [3.63, 3.8) is 0 Å². The topological polar surface area (TPSA) is 57.7 Å². The lowest BCUT2D eigenvalue weighted by Gasteiger charge is -2.34. The van der Waals surface area contributed by atoms with E-state index in [-0.39, 0.29) is 5.91 Å². The molecule has 2 atom stereocenters. The molecule has 2 saturated heterocycles. The van der Waals surface area contributed by atoms with Gasteiger partial charge in [0.05, 0.1) is 4.90 Å². The summed E-state index contributed by atoms with van der Waals surface area (Å²) in [6, 6.07) is 6.78. The summed E-state index contributed by atoms with van der Waals surface area (Å²) < 4.78 is 27.4. The predicted octanol–water partition coefficient (Wildman–Crippen LogP) is 2.87. The Kier molecular flexibility index (Phi) is 4.97. The van der Waals surface area contributed by atoms with Crippen LogP contribution in [0, 0.1) is 11.8 Å². The van der Waals surface area contributed by atoms with Crippen molar-refractivity contribution in [3.05, 3.63) is 24.3 Å². The highest BCUT2D eigenvalue weighted by molar-refractivity contribution is 7.89. The maximum atomic E-state index is 12.9. The molecule has 3 rings (SSSR count). The third-order valence-corrected chi connectivity index (χ3v) is 6.79. The van der Waals surface area contributed by atoms with Gasteiger partial charge in [-0.2, -0.15) is 4.31 Å². The molecule has 5 nitrogen and oxygen atoms in total. The van der Waals surface area contributed by atoms with Crippen molar-refractivity contribution in [2.45, 2.75) is 44.4 Å². The summed E-state index contributed by atoms with van der Waals surface area (Å²) in [5.74, 6) is 0.887. The summed E-state index contributed by atoms with van der Waals surface area (Å²) in [6.07, 6.45) is 3.58. The molecule has 2 aliphatic rings. The van der Waals surface area contributed by atoms with E-state index in [0.717, 1.165) is 24.9 Å². The van der Waals surface area contributed by atoms with Crippen LogP contribution >= 0.6 is 0 Å². The number of hydrogen-bond donors (Lipinski definition) is 0. The number of nitrogens with zero attached hydrogens (tertiary/aromatic N) is 2. The zero-order valence-electron chi connectivity index (χ0n) is 14.4. The van der Waals surface area contributed by atoms with Crippen LogP contribution in [0.5, 0.6) is 0 Å². The Labute approximate surface area is 144 Å². The van der Waals surface area contributed by atoms with Crippen LogP contribution in [0.15, 0.2) is 29.2 Å². The zero-order chi connectivity index (χ0) is 17.3. The van der Waals surface area contributed by atoms with E-state index >= 15 is 0 Å². The molecule has 0 saturated carbocycles. The number of sulfonamides is 1. The summed E-state index contributed by atoms with van der Waals surface area (Å²) >= 11 is 0. The number of carbonyl (C=O) groups is 1. The van der Waals surface area contributed by atoms with Crippen LogP contribution in [0.4, 0.5) is 5.69 Å². The molecule has 1 amide bonds. The minimum absolute atomic E-state index is 0.121. The average Bonchev–Trinajstić information content (AvgIpc) is 2.54. The lowest BCUT2D eigenvalue weighted by Crippen LogP contribution is -2.42. The van der Waals surface area contributed by atoms with E-state index in [1.54, 1.807) is 33.5 Å². The number of anilines is 1. The Morgan fingerprint density at radius 2 is 1.62 bits per heavy atom. The first-order valence-electron chi connectivity index (χ1n) is 8.78. The molecule has 0 bridgehead atoms. The summed E-state index contributed by atoms with van der Waals surface area (Å²) in [6.45, 7) is 6.08. The van der Waals surface area contributed by atoms with Gasteiger partial charge in [0.2, 0.25) is 15.9 Å². The van der Waals surface area contributed by atoms with Gasteiger partial charge in [0, 0.05) is 31.7 Å². The van der Waals surface area contributed by atoms with Crippen molar-refractivity contribution in [2.75, 3.05) is 24.5 Å². The Morgan fingerprint density at radius 1 is 1.00 bits per heavy atom. The van der Waals surface area contributed by atoms with Gasteiger partial charge >= 0.3 is 0 Å². The molecule has 2 aliphatic heterocycles. The number of carbonyl (C=O) groups excluding carboxylic acids is 1. The minimum Gasteiger partial charge on any atom is -0.312 e. The molecule has 1 aromatic carbocycles. The van der Waals surface area contributed by atoms with Crippen molar-refractivity contribution in [1.29, 1.82) is 0 Å². The smallest absolute Gasteiger partial charge is 0.243 e.